The SMILES string of the molecule is CC(=O)N(C(C)=O)c1nc(N)nc(Sc2ccc(Br)c(Oc3ccccc3)n2)n1. The van der Waals surface area contributed by atoms with Crippen molar-refractivity contribution < 1.29 is 14.3 Å². The first-order chi connectivity index (χ1) is 13.8. The minimum atomic E-state index is -0.528. The molecule has 2 heterocycles. The number of nitrogens with two attached hydrogens (primary N) is 1. The van der Waals surface area contributed by atoms with Crippen LogP contribution in [-0.4, -0.2) is 31.8 Å². The number of halogens is 1. The molecule has 0 bridgehead atoms. The van der Waals surface area contributed by atoms with Gasteiger partial charge in [0.15, 0.2) is 0 Å². The molecule has 0 fully saturated rings. The van der Waals surface area contributed by atoms with Crippen molar-refractivity contribution >= 4 is 51.4 Å². The van der Waals surface area contributed by atoms with Gasteiger partial charge in [-0.25, -0.2) is 9.88 Å². The van der Waals surface area contributed by atoms with Gasteiger partial charge in [0.2, 0.25) is 34.7 Å². The number of imide groups is 1. The molecular weight excluding hydrogens is 460 g/mol. The van der Waals surface area contributed by atoms with Crippen molar-refractivity contribution in [2.75, 3.05) is 10.6 Å². The van der Waals surface area contributed by atoms with Gasteiger partial charge in [0, 0.05) is 13.8 Å². The first-order valence-corrected chi connectivity index (χ1v) is 9.84. The zero-order valence-electron chi connectivity index (χ0n) is 15.4. The van der Waals surface area contributed by atoms with Gasteiger partial charge in [0.25, 0.3) is 0 Å². The second-order valence-electron chi connectivity index (χ2n) is 5.60. The highest BCUT2D eigenvalue weighted by molar-refractivity contribution is 9.10. The van der Waals surface area contributed by atoms with Crippen LogP contribution in [-0.2, 0) is 9.59 Å². The quantitative estimate of drug-likeness (QED) is 0.591. The molecule has 11 heteroatoms. The van der Waals surface area contributed by atoms with Crippen molar-refractivity contribution in [2.45, 2.75) is 24.0 Å². The van der Waals surface area contributed by atoms with E-state index >= 15 is 0 Å². The Labute approximate surface area is 178 Å². The van der Waals surface area contributed by atoms with Crippen LogP contribution in [0.25, 0.3) is 0 Å². The van der Waals surface area contributed by atoms with Gasteiger partial charge in [-0.2, -0.15) is 15.0 Å². The lowest BCUT2D eigenvalue weighted by Gasteiger charge is -2.15. The molecule has 0 aliphatic heterocycles. The predicted molar refractivity (Wildman–Crippen MR) is 111 cm³/mol. The average Bonchev–Trinajstić information content (AvgIpc) is 2.64. The minimum Gasteiger partial charge on any atom is -0.438 e. The van der Waals surface area contributed by atoms with Gasteiger partial charge in [0.05, 0.1) is 4.47 Å². The number of hydrogen-bond acceptors (Lipinski definition) is 9. The lowest BCUT2D eigenvalue weighted by atomic mass is 10.3. The van der Waals surface area contributed by atoms with E-state index in [2.05, 4.69) is 35.9 Å². The third kappa shape index (κ3) is 5.27. The normalized spacial score (nSPS) is 10.4. The Hall–Kier alpha value is -3.05. The van der Waals surface area contributed by atoms with Crippen LogP contribution in [0.15, 0.2) is 57.1 Å². The molecule has 29 heavy (non-hydrogen) atoms. The number of carbonyl (C=O) groups is 2. The van der Waals surface area contributed by atoms with Crippen LogP contribution in [0.4, 0.5) is 11.9 Å². The summed E-state index contributed by atoms with van der Waals surface area (Å²) in [6.45, 7) is 2.47. The largest absolute Gasteiger partial charge is 0.438 e. The van der Waals surface area contributed by atoms with Gasteiger partial charge in [-0.15, -0.1) is 0 Å². The molecule has 2 amide bonds. The third-order valence-corrected chi connectivity index (χ3v) is 4.80. The molecule has 0 aliphatic rings. The fraction of sp³-hybridized carbons (Fsp3) is 0.111. The summed E-state index contributed by atoms with van der Waals surface area (Å²) in [5, 5.41) is 0.702. The number of nitrogens with zero attached hydrogens (tertiary/aromatic N) is 5. The summed E-state index contributed by atoms with van der Waals surface area (Å²) in [6, 6.07) is 12.7. The maximum Gasteiger partial charge on any atom is 0.244 e. The first kappa shape index (κ1) is 20.7. The topological polar surface area (TPSA) is 124 Å². The van der Waals surface area contributed by atoms with Crippen LogP contribution in [0.1, 0.15) is 13.8 Å². The molecule has 3 rings (SSSR count). The number of hydrogen-bond donors (Lipinski definition) is 1. The van der Waals surface area contributed by atoms with Crippen LogP contribution in [0.3, 0.4) is 0 Å². The highest BCUT2D eigenvalue weighted by atomic mass is 79.9. The molecule has 0 spiro atoms. The van der Waals surface area contributed by atoms with Gasteiger partial charge < -0.3 is 10.5 Å². The van der Waals surface area contributed by atoms with Gasteiger partial charge in [-0.05, 0) is 52.0 Å². The van der Waals surface area contributed by atoms with Crippen LogP contribution in [0.5, 0.6) is 11.6 Å². The standard InChI is InChI=1S/C18H15BrN6O3S/c1-10(26)25(11(2)27)17-22-16(20)23-18(24-17)29-14-9-8-13(19)15(21-14)28-12-6-4-3-5-7-12/h3-9H,1-2H3,(H2,20,22,23,24). The smallest absolute Gasteiger partial charge is 0.244 e. The summed E-state index contributed by atoms with van der Waals surface area (Å²) in [4.78, 5) is 40.8. The van der Waals surface area contributed by atoms with Crippen molar-refractivity contribution in [1.29, 1.82) is 0 Å². The Morgan fingerprint density at radius 1 is 1.00 bits per heavy atom. The second-order valence-corrected chi connectivity index (χ2v) is 7.45. The van der Waals surface area contributed by atoms with E-state index in [0.717, 1.165) is 16.7 Å². The Kier molecular flexibility index (Phi) is 6.39. The first-order valence-electron chi connectivity index (χ1n) is 8.23. The van der Waals surface area contributed by atoms with E-state index in [4.69, 9.17) is 10.5 Å². The molecule has 2 N–H and O–H groups in total. The van der Waals surface area contributed by atoms with E-state index < -0.39 is 11.8 Å². The summed E-state index contributed by atoms with van der Waals surface area (Å²) in [5.41, 5.74) is 5.73. The van der Waals surface area contributed by atoms with Crippen molar-refractivity contribution in [3.63, 3.8) is 0 Å². The van der Waals surface area contributed by atoms with Crippen LogP contribution in [0, 0.1) is 0 Å². The number of para-hydroxylation sites is 1. The monoisotopic (exact) mass is 474 g/mol. The summed E-state index contributed by atoms with van der Waals surface area (Å²) in [6.07, 6.45) is 0. The molecule has 0 aliphatic carbocycles. The number of anilines is 2. The van der Waals surface area contributed by atoms with E-state index in [-0.39, 0.29) is 17.1 Å². The number of benzene rings is 1. The predicted octanol–water partition coefficient (Wildman–Crippen LogP) is 3.45. The maximum atomic E-state index is 11.7. The van der Waals surface area contributed by atoms with Crippen LogP contribution < -0.4 is 15.4 Å². The van der Waals surface area contributed by atoms with Gasteiger partial charge in [-0.3, -0.25) is 9.59 Å². The minimum absolute atomic E-state index is 0.122. The van der Waals surface area contributed by atoms with Crippen molar-refractivity contribution in [1.82, 2.24) is 19.9 Å². The lowest BCUT2D eigenvalue weighted by molar-refractivity contribution is -0.124. The Bertz CT molecular complexity index is 1050. The van der Waals surface area contributed by atoms with Crippen LogP contribution in [0.2, 0.25) is 0 Å². The van der Waals surface area contributed by atoms with Gasteiger partial charge >= 0.3 is 0 Å². The number of aromatic nitrogens is 4. The number of pyridine rings is 1. The van der Waals surface area contributed by atoms with Crippen molar-refractivity contribution in [2.24, 2.45) is 0 Å². The summed E-state index contributed by atoms with van der Waals surface area (Å²) in [7, 11) is 0. The van der Waals surface area contributed by atoms with E-state index in [0.29, 0.717) is 21.1 Å². The molecule has 0 unspecified atom stereocenters. The molecule has 148 valence electrons. The molecule has 0 radical (unpaired) electrons. The summed E-state index contributed by atoms with van der Waals surface area (Å²) < 4.78 is 6.46. The lowest BCUT2D eigenvalue weighted by Crippen LogP contribution is -2.35. The van der Waals surface area contributed by atoms with Gasteiger partial charge in [-0.1, -0.05) is 18.2 Å². The molecule has 3 aromatic rings. The zero-order chi connectivity index (χ0) is 21.0. The second kappa shape index (κ2) is 8.97. The highest BCUT2D eigenvalue weighted by Gasteiger charge is 2.21. The van der Waals surface area contributed by atoms with E-state index in [9.17, 15) is 9.59 Å². The zero-order valence-corrected chi connectivity index (χ0v) is 17.8. The summed E-state index contributed by atoms with van der Waals surface area (Å²) >= 11 is 4.49. The fourth-order valence-electron chi connectivity index (χ4n) is 2.24. The van der Waals surface area contributed by atoms with E-state index in [1.807, 2.05) is 30.3 Å². The Morgan fingerprint density at radius 2 is 1.69 bits per heavy atom. The molecule has 2 aromatic heterocycles. The number of carbonyl (C=O) groups excluding carboxylic acids is 2. The molecule has 0 saturated carbocycles. The maximum absolute atomic E-state index is 11.7. The van der Waals surface area contributed by atoms with Crippen molar-refractivity contribution in [3.05, 3.63) is 46.9 Å². The third-order valence-electron chi connectivity index (χ3n) is 3.39. The Morgan fingerprint density at radius 3 is 2.34 bits per heavy atom. The molecule has 0 atom stereocenters. The molecule has 9 nitrogen and oxygen atoms in total. The molecule has 1 aromatic carbocycles. The molecule has 0 saturated heterocycles. The molecular formula is C18H15BrN6O3S. The van der Waals surface area contributed by atoms with E-state index in [1.54, 1.807) is 12.1 Å². The number of ether oxygens (including phenoxy) is 1. The highest BCUT2D eigenvalue weighted by Crippen LogP contribution is 2.32. The number of rotatable bonds is 5. The van der Waals surface area contributed by atoms with E-state index in [1.165, 1.54) is 13.8 Å². The Balaban J connectivity index is 1.89. The number of amides is 2. The fourth-order valence-corrected chi connectivity index (χ4v) is 3.26. The van der Waals surface area contributed by atoms with Crippen molar-refractivity contribution in [3.8, 4) is 11.6 Å². The van der Waals surface area contributed by atoms with Gasteiger partial charge in [0.1, 0.15) is 10.8 Å². The van der Waals surface area contributed by atoms with Crippen LogP contribution >= 0.6 is 27.7 Å². The average molecular weight is 475 g/mol. The summed E-state index contributed by atoms with van der Waals surface area (Å²) in [5.74, 6) is -0.329. The number of nitrogen functional groups attached to an aromatic ring is 1.